The minimum Gasteiger partial charge on any atom is -0.489 e. The van der Waals surface area contributed by atoms with E-state index in [1.165, 1.54) is 12.1 Å². The van der Waals surface area contributed by atoms with Crippen LogP contribution in [0.3, 0.4) is 0 Å². The molecule has 0 saturated carbocycles. The van der Waals surface area contributed by atoms with Gasteiger partial charge in [-0.1, -0.05) is 48.5 Å². The summed E-state index contributed by atoms with van der Waals surface area (Å²) in [4.78, 5) is 10.8. The second-order valence-corrected chi connectivity index (χ2v) is 7.73. The average molecular weight is 458 g/mol. The monoisotopic (exact) mass is 458 g/mol. The normalized spacial score (nSPS) is 15.0. The van der Waals surface area contributed by atoms with E-state index < -0.39 is 29.9 Å². The summed E-state index contributed by atoms with van der Waals surface area (Å²) < 4.78 is 56.7. The molecule has 0 aromatic heterocycles. The molecule has 1 N–H and O–H groups in total. The van der Waals surface area contributed by atoms with Gasteiger partial charge < -0.3 is 19.3 Å². The molecule has 8 heteroatoms. The van der Waals surface area contributed by atoms with Gasteiger partial charge in [-0.3, -0.25) is 0 Å². The molecule has 33 heavy (non-hydrogen) atoms. The van der Waals surface area contributed by atoms with Crippen LogP contribution >= 0.6 is 0 Å². The largest absolute Gasteiger partial charge is 0.489 e. The maximum Gasteiger partial charge on any atom is 0.417 e. The molecule has 0 bridgehead atoms. The van der Waals surface area contributed by atoms with E-state index in [0.29, 0.717) is 11.3 Å². The van der Waals surface area contributed by atoms with Gasteiger partial charge in [0.2, 0.25) is 0 Å². The Labute approximate surface area is 188 Å². The van der Waals surface area contributed by atoms with Crippen molar-refractivity contribution in [2.75, 3.05) is 19.8 Å². The first-order valence-electron chi connectivity index (χ1n) is 10.2. The fourth-order valence-electron chi connectivity index (χ4n) is 3.65. The summed E-state index contributed by atoms with van der Waals surface area (Å²) in [7, 11) is 0. The van der Waals surface area contributed by atoms with Crippen LogP contribution < -0.4 is 4.74 Å². The number of carbonyl (C=O) groups is 1. The molecule has 1 aliphatic rings. The maximum absolute atomic E-state index is 13.4. The first-order valence-corrected chi connectivity index (χ1v) is 10.2. The molecule has 4 rings (SSSR count). The van der Waals surface area contributed by atoms with Crippen LogP contribution in [0, 0.1) is 0 Å². The molecule has 3 aromatic rings. The lowest BCUT2D eigenvalue weighted by Gasteiger charge is -2.41. The van der Waals surface area contributed by atoms with Gasteiger partial charge in [0.15, 0.2) is 0 Å². The zero-order valence-corrected chi connectivity index (χ0v) is 17.5. The van der Waals surface area contributed by atoms with Crippen LogP contribution in [0.15, 0.2) is 72.8 Å². The van der Waals surface area contributed by atoms with E-state index >= 15 is 0 Å². The second-order valence-electron chi connectivity index (χ2n) is 7.73. The van der Waals surface area contributed by atoms with E-state index in [-0.39, 0.29) is 25.4 Å². The zero-order chi connectivity index (χ0) is 23.5. The number of ether oxygens (including phenoxy) is 3. The Morgan fingerprint density at radius 2 is 1.73 bits per heavy atom. The molecule has 3 aromatic carbocycles. The van der Waals surface area contributed by atoms with Gasteiger partial charge >= 0.3 is 12.1 Å². The summed E-state index contributed by atoms with van der Waals surface area (Å²) in [6.07, 6.45) is -4.44. The second kappa shape index (κ2) is 9.25. The average Bonchev–Trinajstić information content (AvgIpc) is 2.77. The molecular weight excluding hydrogens is 437 g/mol. The van der Waals surface area contributed by atoms with Crippen LogP contribution in [0.1, 0.15) is 16.7 Å². The number of aliphatic carboxylic acids is 1. The van der Waals surface area contributed by atoms with E-state index in [9.17, 15) is 18.0 Å². The highest BCUT2D eigenvalue weighted by atomic mass is 19.4. The van der Waals surface area contributed by atoms with Gasteiger partial charge in [-0.05, 0) is 46.5 Å². The fraction of sp³-hybridized carbons (Fsp3) is 0.240. The highest BCUT2D eigenvalue weighted by molar-refractivity contribution is 5.69. The maximum atomic E-state index is 13.4. The van der Waals surface area contributed by atoms with Gasteiger partial charge in [0.25, 0.3) is 0 Å². The van der Waals surface area contributed by atoms with Crippen molar-refractivity contribution in [1.29, 1.82) is 0 Å². The minimum absolute atomic E-state index is 0.116. The smallest absolute Gasteiger partial charge is 0.417 e. The Morgan fingerprint density at radius 1 is 1.00 bits per heavy atom. The molecule has 1 saturated heterocycles. The summed E-state index contributed by atoms with van der Waals surface area (Å²) in [6, 6.07) is 19.3. The Morgan fingerprint density at radius 3 is 2.36 bits per heavy atom. The zero-order valence-electron chi connectivity index (χ0n) is 17.5. The number of rotatable bonds is 8. The topological polar surface area (TPSA) is 65.0 Å². The van der Waals surface area contributed by atoms with Gasteiger partial charge in [-0.15, -0.1) is 0 Å². The van der Waals surface area contributed by atoms with Crippen molar-refractivity contribution in [2.24, 2.45) is 0 Å². The Balaban J connectivity index is 1.45. The lowest BCUT2D eigenvalue weighted by atomic mass is 9.91. The first-order chi connectivity index (χ1) is 15.8. The summed E-state index contributed by atoms with van der Waals surface area (Å²) in [6.45, 7) is 0.292. The lowest BCUT2D eigenvalue weighted by molar-refractivity contribution is -0.220. The number of carboxylic acids is 1. The third kappa shape index (κ3) is 5.18. The van der Waals surface area contributed by atoms with Crippen molar-refractivity contribution in [3.05, 3.63) is 89.5 Å². The molecule has 0 spiro atoms. The molecule has 1 aliphatic heterocycles. The minimum atomic E-state index is -4.44. The van der Waals surface area contributed by atoms with Crippen LogP contribution in [0.4, 0.5) is 13.2 Å². The molecule has 0 aliphatic carbocycles. The van der Waals surface area contributed by atoms with Crippen molar-refractivity contribution < 1.29 is 37.3 Å². The van der Waals surface area contributed by atoms with Crippen molar-refractivity contribution in [1.82, 2.24) is 0 Å². The molecule has 0 atom stereocenters. The molecule has 5 nitrogen and oxygen atoms in total. The summed E-state index contributed by atoms with van der Waals surface area (Å²) in [5.74, 6) is -0.491. The van der Waals surface area contributed by atoms with E-state index in [2.05, 4.69) is 0 Å². The summed E-state index contributed by atoms with van der Waals surface area (Å²) >= 11 is 0. The van der Waals surface area contributed by atoms with Crippen LogP contribution in [0.25, 0.3) is 11.1 Å². The fourth-order valence-corrected chi connectivity index (χ4v) is 3.65. The molecule has 1 fully saturated rings. The van der Waals surface area contributed by atoms with E-state index in [1.807, 2.05) is 0 Å². The number of benzene rings is 3. The van der Waals surface area contributed by atoms with Gasteiger partial charge in [-0.2, -0.15) is 13.2 Å². The van der Waals surface area contributed by atoms with Crippen molar-refractivity contribution >= 4 is 5.97 Å². The van der Waals surface area contributed by atoms with Crippen LogP contribution in [-0.4, -0.2) is 30.9 Å². The Kier molecular flexibility index (Phi) is 6.40. The Hall–Kier alpha value is -3.36. The third-order valence-electron chi connectivity index (χ3n) is 5.40. The standard InChI is InChI=1S/C25H21F3O5/c26-25(27,28)22-7-2-1-6-21(22)18-5-3-4-17(12-18)13-32-20-10-8-19(9-11-20)24(15-31-16-24)33-14-23(29)30/h1-12H,13-16H2,(H,29,30). The first kappa shape index (κ1) is 22.8. The number of hydrogen-bond donors (Lipinski definition) is 1. The van der Waals surface area contributed by atoms with Crippen LogP contribution in [-0.2, 0) is 32.7 Å². The van der Waals surface area contributed by atoms with E-state index in [0.717, 1.165) is 17.2 Å². The Bertz CT molecular complexity index is 1120. The molecular formula is C25H21F3O5. The van der Waals surface area contributed by atoms with Gasteiger partial charge in [-0.25, -0.2) is 4.79 Å². The molecule has 0 unspecified atom stereocenters. The van der Waals surface area contributed by atoms with Crippen molar-refractivity contribution in [2.45, 2.75) is 18.4 Å². The molecule has 172 valence electrons. The lowest BCUT2D eigenvalue weighted by Crippen LogP contribution is -2.49. The van der Waals surface area contributed by atoms with Gasteiger partial charge in [0, 0.05) is 0 Å². The number of halogens is 3. The van der Waals surface area contributed by atoms with Crippen molar-refractivity contribution in [3.8, 4) is 16.9 Å². The van der Waals surface area contributed by atoms with Crippen LogP contribution in [0.5, 0.6) is 5.75 Å². The molecule has 0 amide bonds. The van der Waals surface area contributed by atoms with Gasteiger partial charge in [0.1, 0.15) is 24.6 Å². The number of hydrogen-bond acceptors (Lipinski definition) is 4. The summed E-state index contributed by atoms with van der Waals surface area (Å²) in [5.41, 5.74) is 0.623. The number of carboxylic acid groups (broad SMARTS) is 1. The highest BCUT2D eigenvalue weighted by Crippen LogP contribution is 2.37. The third-order valence-corrected chi connectivity index (χ3v) is 5.40. The van der Waals surface area contributed by atoms with Gasteiger partial charge in [0.05, 0.1) is 18.8 Å². The van der Waals surface area contributed by atoms with Crippen LogP contribution in [0.2, 0.25) is 0 Å². The quantitative estimate of drug-likeness (QED) is 0.498. The number of alkyl halides is 3. The highest BCUT2D eigenvalue weighted by Gasteiger charge is 2.42. The summed E-state index contributed by atoms with van der Waals surface area (Å²) in [5, 5.41) is 8.87. The predicted octanol–water partition coefficient (Wildman–Crippen LogP) is 5.28. The SMILES string of the molecule is O=C(O)COC1(c2ccc(OCc3cccc(-c4ccccc4C(F)(F)F)c3)cc2)COC1. The molecule has 0 radical (unpaired) electrons. The van der Waals surface area contributed by atoms with E-state index in [1.54, 1.807) is 54.6 Å². The predicted molar refractivity (Wildman–Crippen MR) is 114 cm³/mol. The van der Waals surface area contributed by atoms with E-state index in [4.69, 9.17) is 19.3 Å². The molecule has 1 heterocycles. The van der Waals surface area contributed by atoms with Crippen molar-refractivity contribution in [3.63, 3.8) is 0 Å².